The molecule has 1 aromatic carbocycles. The molecule has 7 heteroatoms. The third-order valence-corrected chi connectivity index (χ3v) is 3.55. The Morgan fingerprint density at radius 1 is 1.45 bits per heavy atom. The van der Waals surface area contributed by atoms with Crippen molar-refractivity contribution in [2.24, 2.45) is 0 Å². The van der Waals surface area contributed by atoms with E-state index >= 15 is 0 Å². The van der Waals surface area contributed by atoms with E-state index in [1.807, 2.05) is 23.8 Å². The maximum atomic E-state index is 11.1. The molecule has 0 aliphatic rings. The van der Waals surface area contributed by atoms with Crippen LogP contribution in [0.4, 0.5) is 11.4 Å². The Hall–Kier alpha value is -2.41. The third-order valence-electron chi connectivity index (χ3n) is 2.85. The Kier molecular flexibility index (Phi) is 3.99. The summed E-state index contributed by atoms with van der Waals surface area (Å²) in [5, 5.41) is 26.9. The molecule has 0 radical (unpaired) electrons. The van der Waals surface area contributed by atoms with Crippen molar-refractivity contribution >= 4 is 28.7 Å². The molecule has 0 aliphatic heterocycles. The number of hydrogen-bond acceptors (Lipinski definition) is 5. The predicted molar refractivity (Wildman–Crippen MR) is 76.4 cm³/mol. The summed E-state index contributed by atoms with van der Waals surface area (Å²) in [6.45, 7) is 1.93. The van der Waals surface area contributed by atoms with E-state index in [1.54, 1.807) is 11.3 Å². The number of carboxylic acids is 1. The fourth-order valence-electron chi connectivity index (χ4n) is 1.81. The van der Waals surface area contributed by atoms with Crippen molar-refractivity contribution in [3.05, 3.63) is 56.3 Å². The van der Waals surface area contributed by atoms with Gasteiger partial charge in [0, 0.05) is 17.8 Å². The molecule has 104 valence electrons. The van der Waals surface area contributed by atoms with E-state index < -0.39 is 16.6 Å². The number of carboxylic acid groups (broad SMARTS) is 1. The summed E-state index contributed by atoms with van der Waals surface area (Å²) in [5.41, 5.74) is 0.876. The summed E-state index contributed by atoms with van der Waals surface area (Å²) in [6.07, 6.45) is 0. The number of nitrogens with zero attached hydrogens (tertiary/aromatic N) is 1. The fraction of sp³-hybridized carbons (Fsp3) is 0.154. The quantitative estimate of drug-likeness (QED) is 0.649. The predicted octanol–water partition coefficient (Wildman–Crippen LogP) is 3.53. The number of thiophene rings is 1. The first-order valence-electron chi connectivity index (χ1n) is 5.79. The van der Waals surface area contributed by atoms with Crippen molar-refractivity contribution in [3.63, 3.8) is 0 Å². The van der Waals surface area contributed by atoms with Gasteiger partial charge in [-0.3, -0.25) is 10.1 Å². The van der Waals surface area contributed by atoms with Gasteiger partial charge in [0.1, 0.15) is 5.56 Å². The van der Waals surface area contributed by atoms with Gasteiger partial charge in [-0.25, -0.2) is 4.79 Å². The maximum absolute atomic E-state index is 11.1. The van der Waals surface area contributed by atoms with Gasteiger partial charge < -0.3 is 10.4 Å². The fourth-order valence-corrected chi connectivity index (χ4v) is 2.57. The highest BCUT2D eigenvalue weighted by Crippen LogP contribution is 2.26. The topological polar surface area (TPSA) is 92.5 Å². The van der Waals surface area contributed by atoms with E-state index in [1.165, 1.54) is 18.2 Å². The molecule has 0 bridgehead atoms. The van der Waals surface area contributed by atoms with Gasteiger partial charge >= 0.3 is 5.97 Å². The molecule has 0 saturated carbocycles. The molecule has 0 fully saturated rings. The van der Waals surface area contributed by atoms with Gasteiger partial charge in [0.05, 0.1) is 4.92 Å². The Balaban J connectivity index is 2.27. The molecule has 20 heavy (non-hydrogen) atoms. The molecule has 0 amide bonds. The number of nitro groups is 1. The van der Waals surface area contributed by atoms with Crippen LogP contribution in [0.3, 0.4) is 0 Å². The lowest BCUT2D eigenvalue weighted by Crippen LogP contribution is -2.08. The van der Waals surface area contributed by atoms with E-state index in [2.05, 4.69) is 5.32 Å². The van der Waals surface area contributed by atoms with Crippen molar-refractivity contribution in [2.75, 3.05) is 5.32 Å². The third kappa shape index (κ3) is 2.94. The van der Waals surface area contributed by atoms with Crippen LogP contribution in [0, 0.1) is 10.1 Å². The molecule has 0 aliphatic carbocycles. The molecule has 1 aromatic heterocycles. The van der Waals surface area contributed by atoms with E-state index in [9.17, 15) is 14.9 Å². The highest BCUT2D eigenvalue weighted by Gasteiger charge is 2.20. The smallest absolute Gasteiger partial charge is 0.342 e. The van der Waals surface area contributed by atoms with Gasteiger partial charge in [0.25, 0.3) is 5.69 Å². The molecule has 1 heterocycles. The molecular weight excluding hydrogens is 280 g/mol. The van der Waals surface area contributed by atoms with Gasteiger partial charge in [-0.1, -0.05) is 0 Å². The summed E-state index contributed by atoms with van der Waals surface area (Å²) < 4.78 is 0. The Morgan fingerprint density at radius 2 is 2.20 bits per heavy atom. The highest BCUT2D eigenvalue weighted by atomic mass is 32.1. The number of rotatable bonds is 5. The highest BCUT2D eigenvalue weighted by molar-refractivity contribution is 7.07. The van der Waals surface area contributed by atoms with Gasteiger partial charge in [0.15, 0.2) is 0 Å². The van der Waals surface area contributed by atoms with Crippen molar-refractivity contribution in [3.8, 4) is 0 Å². The zero-order chi connectivity index (χ0) is 14.7. The van der Waals surface area contributed by atoms with Gasteiger partial charge in [-0.15, -0.1) is 0 Å². The van der Waals surface area contributed by atoms with Crippen LogP contribution in [0.15, 0.2) is 35.0 Å². The average molecular weight is 292 g/mol. The number of anilines is 1. The van der Waals surface area contributed by atoms with E-state index in [0.29, 0.717) is 5.69 Å². The largest absolute Gasteiger partial charge is 0.477 e. The lowest BCUT2D eigenvalue weighted by Gasteiger charge is -2.14. The standard InChI is InChI=1S/C13H12N2O4S/c1-8(9-4-5-20-7-9)14-10-2-3-12(15(18)19)11(6-10)13(16)17/h2-8,14H,1H3,(H,16,17). The summed E-state index contributed by atoms with van der Waals surface area (Å²) in [6, 6.07) is 5.94. The molecule has 1 unspecified atom stereocenters. The Labute approximate surface area is 118 Å². The number of nitrogens with one attached hydrogen (secondary N) is 1. The van der Waals surface area contributed by atoms with Crippen LogP contribution >= 0.6 is 11.3 Å². The zero-order valence-corrected chi connectivity index (χ0v) is 11.4. The average Bonchev–Trinajstić information content (AvgIpc) is 2.92. The first-order chi connectivity index (χ1) is 9.49. The van der Waals surface area contributed by atoms with Crippen molar-refractivity contribution in [2.45, 2.75) is 13.0 Å². The van der Waals surface area contributed by atoms with Crippen LogP contribution in [0.1, 0.15) is 28.9 Å². The zero-order valence-electron chi connectivity index (χ0n) is 10.6. The van der Waals surface area contributed by atoms with Crippen LogP contribution < -0.4 is 5.32 Å². The summed E-state index contributed by atoms with van der Waals surface area (Å²) >= 11 is 1.57. The van der Waals surface area contributed by atoms with Crippen LogP contribution in [-0.4, -0.2) is 16.0 Å². The molecule has 0 saturated heterocycles. The maximum Gasteiger partial charge on any atom is 0.342 e. The first kappa shape index (κ1) is 14.0. The molecule has 1 atom stereocenters. The van der Waals surface area contributed by atoms with E-state index in [-0.39, 0.29) is 11.6 Å². The molecule has 2 N–H and O–H groups in total. The first-order valence-corrected chi connectivity index (χ1v) is 6.73. The number of benzene rings is 1. The second-order valence-corrected chi connectivity index (χ2v) is 5.00. The van der Waals surface area contributed by atoms with E-state index in [4.69, 9.17) is 5.11 Å². The monoisotopic (exact) mass is 292 g/mol. The molecule has 2 rings (SSSR count). The van der Waals surface area contributed by atoms with E-state index in [0.717, 1.165) is 5.56 Å². The van der Waals surface area contributed by atoms with Crippen LogP contribution in [0.25, 0.3) is 0 Å². The normalized spacial score (nSPS) is 11.8. The minimum Gasteiger partial charge on any atom is -0.477 e. The minimum atomic E-state index is -1.32. The molecule has 6 nitrogen and oxygen atoms in total. The number of aromatic carboxylic acids is 1. The van der Waals surface area contributed by atoms with Gasteiger partial charge in [0.2, 0.25) is 0 Å². The Bertz CT molecular complexity index is 640. The second kappa shape index (κ2) is 5.70. The van der Waals surface area contributed by atoms with Crippen molar-refractivity contribution in [1.82, 2.24) is 0 Å². The second-order valence-electron chi connectivity index (χ2n) is 4.22. The number of nitro benzene ring substituents is 1. The van der Waals surface area contributed by atoms with Crippen molar-refractivity contribution in [1.29, 1.82) is 0 Å². The SMILES string of the molecule is CC(Nc1ccc([N+](=O)[O-])c(C(=O)O)c1)c1ccsc1. The molecule has 0 spiro atoms. The van der Waals surface area contributed by atoms with Crippen molar-refractivity contribution < 1.29 is 14.8 Å². The summed E-state index contributed by atoms with van der Waals surface area (Å²) in [5.74, 6) is -1.32. The van der Waals surface area contributed by atoms with Crippen LogP contribution in [-0.2, 0) is 0 Å². The lowest BCUT2D eigenvalue weighted by atomic mass is 10.1. The number of hydrogen-bond donors (Lipinski definition) is 2. The van der Waals surface area contributed by atoms with Crippen LogP contribution in [0.5, 0.6) is 0 Å². The Morgan fingerprint density at radius 3 is 2.75 bits per heavy atom. The molecular formula is C13H12N2O4S. The lowest BCUT2D eigenvalue weighted by molar-refractivity contribution is -0.385. The molecule has 2 aromatic rings. The summed E-state index contributed by atoms with van der Waals surface area (Å²) in [4.78, 5) is 21.1. The van der Waals surface area contributed by atoms with Crippen LogP contribution in [0.2, 0.25) is 0 Å². The van der Waals surface area contributed by atoms with Gasteiger partial charge in [-0.2, -0.15) is 11.3 Å². The minimum absolute atomic E-state index is 0.00986. The summed E-state index contributed by atoms with van der Waals surface area (Å²) in [7, 11) is 0. The number of carbonyl (C=O) groups is 1. The van der Waals surface area contributed by atoms with Gasteiger partial charge in [-0.05, 0) is 41.4 Å².